The molecule has 15 nitrogen and oxygen atoms in total. The Morgan fingerprint density at radius 1 is 1.04 bits per heavy atom. The second kappa shape index (κ2) is 15.4. The summed E-state index contributed by atoms with van der Waals surface area (Å²) in [4.78, 5) is 41.1. The summed E-state index contributed by atoms with van der Waals surface area (Å²) < 4.78 is 41.1. The number of aromatic nitrogens is 3. The van der Waals surface area contributed by atoms with Gasteiger partial charge in [0.15, 0.2) is 0 Å². The smallest absolute Gasteiger partial charge is 0.312 e. The quantitative estimate of drug-likeness (QED) is 0.118. The molecule has 0 atom stereocenters. The zero-order valence-corrected chi connectivity index (χ0v) is 31.9. The van der Waals surface area contributed by atoms with Crippen LogP contribution in [0.5, 0.6) is 11.5 Å². The van der Waals surface area contributed by atoms with E-state index >= 15 is 0 Å². The number of amides is 1. The third-order valence-corrected chi connectivity index (χ3v) is 13.5. The number of morpholine rings is 1. The highest BCUT2D eigenvalue weighted by Gasteiger charge is 2.48. The van der Waals surface area contributed by atoms with E-state index in [4.69, 9.17) is 9.47 Å². The standard InChI is InChI=1S/C39H48N8O7S/c1-26-2-4-27(5-3-26)23-41-37-34(47(49)50)20-32(25-43-37)55(51,52)44-38(48)33-7-6-29(19-35(33)54-31-18-28-8-11-40-36(28)42-24-31)45-12-9-39(10-13-45)21-30(22-39)46-14-16-53-17-15-46/h6-8,11,18-20,24-27,30H,2-5,9-10,12-17,21-23H2,1H3,(H,40,42)(H,41,43)(H,44,48). The molecule has 0 radical (unpaired) electrons. The Morgan fingerprint density at radius 2 is 1.80 bits per heavy atom. The molecule has 1 amide bonds. The van der Waals surface area contributed by atoms with E-state index in [2.05, 4.69) is 41.7 Å². The number of H-pyrrole nitrogens is 1. The van der Waals surface area contributed by atoms with Crippen molar-refractivity contribution >= 4 is 44.2 Å². The maximum absolute atomic E-state index is 13.8. The Bertz CT molecular complexity index is 2150. The number of hydrogen-bond acceptors (Lipinski definition) is 12. The van der Waals surface area contributed by atoms with Crippen molar-refractivity contribution in [2.24, 2.45) is 17.3 Å². The van der Waals surface area contributed by atoms with Crippen molar-refractivity contribution in [1.29, 1.82) is 0 Å². The zero-order valence-electron chi connectivity index (χ0n) is 31.0. The van der Waals surface area contributed by atoms with Gasteiger partial charge in [-0.25, -0.2) is 23.1 Å². The number of nitrogens with zero attached hydrogens (tertiary/aromatic N) is 5. The van der Waals surface area contributed by atoms with Crippen LogP contribution in [0.2, 0.25) is 0 Å². The molecule has 2 saturated heterocycles. The Hall–Kier alpha value is -4.80. The van der Waals surface area contributed by atoms with E-state index in [0.29, 0.717) is 41.2 Å². The minimum atomic E-state index is -4.57. The number of fused-ring (bicyclic) bond motifs is 1. The zero-order chi connectivity index (χ0) is 38.2. The highest BCUT2D eigenvalue weighted by molar-refractivity contribution is 7.90. The molecule has 2 saturated carbocycles. The average Bonchev–Trinajstić information content (AvgIpc) is 3.65. The summed E-state index contributed by atoms with van der Waals surface area (Å²) in [7, 11) is -4.57. The van der Waals surface area contributed by atoms with Crippen LogP contribution in [0.25, 0.3) is 11.0 Å². The lowest BCUT2D eigenvalue weighted by Crippen LogP contribution is -2.57. The van der Waals surface area contributed by atoms with Gasteiger partial charge in [-0.05, 0) is 80.0 Å². The van der Waals surface area contributed by atoms with Gasteiger partial charge in [0.2, 0.25) is 5.82 Å². The van der Waals surface area contributed by atoms with Crippen LogP contribution in [0, 0.1) is 27.4 Å². The SMILES string of the molecule is CC1CCC(CNc2ncc(S(=O)(=O)NC(=O)c3ccc(N4CCC5(CC4)CC(N4CCOCC4)C5)cc3Oc3cnc4[nH]ccc4c3)cc2[N+](=O)[O-])CC1. The molecular weight excluding hydrogens is 725 g/mol. The van der Waals surface area contributed by atoms with Crippen LogP contribution in [0.3, 0.4) is 0 Å². The number of sulfonamides is 1. The number of benzene rings is 1. The van der Waals surface area contributed by atoms with Gasteiger partial charge in [-0.2, -0.15) is 0 Å². The van der Waals surface area contributed by atoms with Crippen molar-refractivity contribution in [2.75, 3.05) is 56.2 Å². The Kier molecular flexibility index (Phi) is 10.4. The lowest BCUT2D eigenvalue weighted by Gasteiger charge is -2.56. The molecule has 2 aliphatic heterocycles. The van der Waals surface area contributed by atoms with Crippen molar-refractivity contribution in [1.82, 2.24) is 24.6 Å². The van der Waals surface area contributed by atoms with Crippen molar-refractivity contribution in [3.63, 3.8) is 0 Å². The van der Waals surface area contributed by atoms with Crippen LogP contribution in [0.1, 0.15) is 68.6 Å². The van der Waals surface area contributed by atoms with Crippen LogP contribution >= 0.6 is 0 Å². The fourth-order valence-corrected chi connectivity index (χ4v) is 9.67. The first-order chi connectivity index (χ1) is 26.5. The number of carbonyl (C=O) groups excluding carboxylic acids is 1. The van der Waals surface area contributed by atoms with E-state index in [1.807, 2.05) is 6.07 Å². The lowest BCUT2D eigenvalue weighted by molar-refractivity contribution is -0.384. The van der Waals surface area contributed by atoms with Crippen molar-refractivity contribution in [3.8, 4) is 11.5 Å². The second-order valence-electron chi connectivity index (χ2n) is 15.8. The molecule has 5 heterocycles. The maximum atomic E-state index is 13.8. The summed E-state index contributed by atoms with van der Waals surface area (Å²) in [6.07, 6.45) is 13.1. The van der Waals surface area contributed by atoms with Gasteiger partial charge in [-0.15, -0.1) is 0 Å². The minimum absolute atomic E-state index is 0.00830. The van der Waals surface area contributed by atoms with E-state index in [1.165, 1.54) is 19.0 Å². The van der Waals surface area contributed by atoms with Crippen LogP contribution in [-0.4, -0.2) is 91.1 Å². The Labute approximate surface area is 320 Å². The van der Waals surface area contributed by atoms with Crippen LogP contribution in [-0.2, 0) is 14.8 Å². The number of anilines is 2. The predicted molar refractivity (Wildman–Crippen MR) is 207 cm³/mol. The molecule has 4 aromatic rings. The molecule has 16 heteroatoms. The fourth-order valence-electron chi connectivity index (χ4n) is 8.74. The number of pyridine rings is 2. The van der Waals surface area contributed by atoms with Crippen molar-refractivity contribution < 1.29 is 27.6 Å². The highest BCUT2D eigenvalue weighted by Crippen LogP contribution is 2.51. The number of nitro groups is 1. The van der Waals surface area contributed by atoms with Crippen LogP contribution < -0.4 is 19.7 Å². The molecule has 4 fully saturated rings. The number of carbonyl (C=O) groups is 1. The molecule has 8 rings (SSSR count). The third kappa shape index (κ3) is 8.12. The normalized spacial score (nSPS) is 21.9. The number of hydrogen-bond donors (Lipinski definition) is 3. The molecule has 1 aromatic carbocycles. The average molecular weight is 773 g/mol. The number of aromatic amines is 1. The van der Waals surface area contributed by atoms with Gasteiger partial charge in [0.25, 0.3) is 15.9 Å². The molecule has 1 spiro atoms. The maximum Gasteiger partial charge on any atom is 0.312 e. The molecule has 3 N–H and O–H groups in total. The number of nitrogens with one attached hydrogen (secondary N) is 3. The van der Waals surface area contributed by atoms with Crippen LogP contribution in [0.4, 0.5) is 17.2 Å². The summed E-state index contributed by atoms with van der Waals surface area (Å²) in [6.45, 7) is 8.04. The summed E-state index contributed by atoms with van der Waals surface area (Å²) in [6, 6.07) is 10.3. The molecule has 2 aliphatic carbocycles. The third-order valence-electron chi connectivity index (χ3n) is 12.2. The predicted octanol–water partition coefficient (Wildman–Crippen LogP) is 6.10. The fraction of sp³-hybridized carbons (Fsp3) is 0.513. The monoisotopic (exact) mass is 772 g/mol. The lowest BCUT2D eigenvalue weighted by atomic mass is 9.60. The van der Waals surface area contributed by atoms with Crippen molar-refractivity contribution in [2.45, 2.75) is 69.2 Å². The van der Waals surface area contributed by atoms with Gasteiger partial charge in [0.05, 0.1) is 36.1 Å². The molecule has 0 unspecified atom stereocenters. The van der Waals surface area contributed by atoms with Gasteiger partial charge in [0.1, 0.15) is 22.0 Å². The van der Waals surface area contributed by atoms with E-state index in [9.17, 15) is 23.3 Å². The van der Waals surface area contributed by atoms with Gasteiger partial charge >= 0.3 is 5.69 Å². The first-order valence-electron chi connectivity index (χ1n) is 19.3. The van der Waals surface area contributed by atoms with E-state index in [1.54, 1.807) is 30.5 Å². The summed E-state index contributed by atoms with van der Waals surface area (Å²) in [5.41, 5.74) is 1.37. The number of ether oxygens (including phenoxy) is 2. The van der Waals surface area contributed by atoms with Crippen molar-refractivity contribution in [3.05, 3.63) is 70.7 Å². The number of piperidine rings is 1. The Balaban J connectivity index is 0.991. The highest BCUT2D eigenvalue weighted by atomic mass is 32.2. The van der Waals surface area contributed by atoms with Gasteiger partial charge < -0.3 is 24.7 Å². The molecule has 55 heavy (non-hydrogen) atoms. The van der Waals surface area contributed by atoms with E-state index in [0.717, 1.165) is 101 Å². The Morgan fingerprint density at radius 3 is 2.55 bits per heavy atom. The van der Waals surface area contributed by atoms with Gasteiger partial charge in [-0.1, -0.05) is 19.8 Å². The summed E-state index contributed by atoms with van der Waals surface area (Å²) in [5, 5.41) is 15.9. The van der Waals surface area contributed by atoms with Crippen LogP contribution in [0.15, 0.2) is 59.9 Å². The molecule has 292 valence electrons. The topological polar surface area (TPSA) is 185 Å². The molecule has 0 bridgehead atoms. The first-order valence-corrected chi connectivity index (χ1v) is 20.8. The first kappa shape index (κ1) is 37.1. The largest absolute Gasteiger partial charge is 0.455 e. The van der Waals surface area contributed by atoms with Gasteiger partial charge in [-0.3, -0.25) is 19.8 Å². The molecule has 4 aliphatic rings. The van der Waals surface area contributed by atoms with E-state index in [-0.39, 0.29) is 17.1 Å². The molecule has 3 aromatic heterocycles. The summed E-state index contributed by atoms with van der Waals surface area (Å²) >= 11 is 0. The second-order valence-corrected chi connectivity index (χ2v) is 17.5. The minimum Gasteiger partial charge on any atom is -0.455 e. The summed E-state index contributed by atoms with van der Waals surface area (Å²) in [5.74, 6) is 0.582. The molecular formula is C39H48N8O7S. The van der Waals surface area contributed by atoms with E-state index < -0.39 is 31.4 Å². The van der Waals surface area contributed by atoms with Gasteiger partial charge in [0, 0.05) is 68.2 Å². The number of rotatable bonds is 11.